The maximum Gasteiger partial charge on any atom is 0.340 e. The van der Waals surface area contributed by atoms with Gasteiger partial charge in [0, 0.05) is 28.4 Å². The number of nitrogens with zero attached hydrogens (tertiary/aromatic N) is 1. The van der Waals surface area contributed by atoms with Gasteiger partial charge in [0.2, 0.25) is 0 Å². The molecule has 0 atom stereocenters. The zero-order valence-electron chi connectivity index (χ0n) is 14.3. The van der Waals surface area contributed by atoms with Gasteiger partial charge in [-0.05, 0) is 66.7 Å². The number of anilines is 6. The van der Waals surface area contributed by atoms with Crippen LogP contribution in [-0.2, 0) is 4.74 Å². The summed E-state index contributed by atoms with van der Waals surface area (Å²) in [7, 11) is 1.34. The first kappa shape index (κ1) is 17.2. The predicted octanol–water partition coefficient (Wildman–Crippen LogP) is 3.69. The standard InChI is InChI=1S/C20H20N4O2/c1-26-20(25)18-12-15(23)6-11-19(18)24(16-7-2-13(21)3-8-16)17-9-4-14(22)5-10-17/h2-12H,21-23H2,1H3. The van der Waals surface area contributed by atoms with Crippen LogP contribution < -0.4 is 22.1 Å². The molecule has 6 nitrogen and oxygen atoms in total. The smallest absolute Gasteiger partial charge is 0.340 e. The molecule has 0 spiro atoms. The Balaban J connectivity index is 2.23. The molecule has 0 heterocycles. The maximum atomic E-state index is 12.3. The van der Waals surface area contributed by atoms with Crippen molar-refractivity contribution in [3.63, 3.8) is 0 Å². The first-order valence-corrected chi connectivity index (χ1v) is 7.98. The van der Waals surface area contributed by atoms with E-state index in [0.29, 0.717) is 28.3 Å². The molecule has 0 aromatic heterocycles. The van der Waals surface area contributed by atoms with Gasteiger partial charge in [-0.15, -0.1) is 0 Å². The van der Waals surface area contributed by atoms with Crippen LogP contribution in [0, 0.1) is 0 Å². The van der Waals surface area contributed by atoms with Crippen LogP contribution in [0.25, 0.3) is 0 Å². The van der Waals surface area contributed by atoms with E-state index in [4.69, 9.17) is 21.9 Å². The number of carbonyl (C=O) groups excluding carboxylic acids is 1. The highest BCUT2D eigenvalue weighted by Gasteiger charge is 2.20. The van der Waals surface area contributed by atoms with E-state index in [1.54, 1.807) is 42.5 Å². The van der Waals surface area contributed by atoms with Crippen molar-refractivity contribution in [3.8, 4) is 0 Å². The Morgan fingerprint density at radius 2 is 1.23 bits per heavy atom. The Hall–Kier alpha value is -3.67. The fraction of sp³-hybridized carbons (Fsp3) is 0.0500. The zero-order valence-corrected chi connectivity index (χ0v) is 14.3. The van der Waals surface area contributed by atoms with Crippen LogP contribution in [0.2, 0.25) is 0 Å². The van der Waals surface area contributed by atoms with Gasteiger partial charge in [-0.1, -0.05) is 0 Å². The Morgan fingerprint density at radius 3 is 1.69 bits per heavy atom. The molecule has 0 amide bonds. The normalized spacial score (nSPS) is 10.3. The topological polar surface area (TPSA) is 108 Å². The van der Waals surface area contributed by atoms with Gasteiger partial charge in [-0.2, -0.15) is 0 Å². The Labute approximate surface area is 151 Å². The SMILES string of the molecule is COC(=O)c1cc(N)ccc1N(c1ccc(N)cc1)c1ccc(N)cc1. The van der Waals surface area contributed by atoms with E-state index in [2.05, 4.69) is 0 Å². The monoisotopic (exact) mass is 348 g/mol. The van der Waals surface area contributed by atoms with E-state index < -0.39 is 5.97 Å². The molecule has 6 N–H and O–H groups in total. The second-order valence-corrected chi connectivity index (χ2v) is 5.79. The number of esters is 1. The third-order valence-electron chi connectivity index (χ3n) is 3.97. The summed E-state index contributed by atoms with van der Waals surface area (Å²) in [6.07, 6.45) is 0. The van der Waals surface area contributed by atoms with Crippen LogP contribution in [0.5, 0.6) is 0 Å². The Bertz CT molecular complexity index is 876. The third kappa shape index (κ3) is 3.39. The van der Waals surface area contributed by atoms with Crippen molar-refractivity contribution in [2.75, 3.05) is 29.2 Å². The minimum Gasteiger partial charge on any atom is -0.465 e. The van der Waals surface area contributed by atoms with Crippen molar-refractivity contribution in [2.24, 2.45) is 0 Å². The largest absolute Gasteiger partial charge is 0.465 e. The summed E-state index contributed by atoms with van der Waals surface area (Å²) in [5, 5.41) is 0. The molecular weight excluding hydrogens is 328 g/mol. The fourth-order valence-electron chi connectivity index (χ4n) is 2.70. The second kappa shape index (κ2) is 7.06. The molecule has 0 saturated carbocycles. The Morgan fingerprint density at radius 1 is 0.769 bits per heavy atom. The molecule has 6 heteroatoms. The average Bonchev–Trinajstić information content (AvgIpc) is 2.65. The van der Waals surface area contributed by atoms with E-state index in [1.807, 2.05) is 29.2 Å². The molecule has 132 valence electrons. The average molecular weight is 348 g/mol. The molecule has 0 fully saturated rings. The highest BCUT2D eigenvalue weighted by molar-refractivity contribution is 5.99. The highest BCUT2D eigenvalue weighted by atomic mass is 16.5. The number of benzene rings is 3. The quantitative estimate of drug-likeness (QED) is 0.490. The lowest BCUT2D eigenvalue weighted by molar-refractivity contribution is 0.0601. The molecule has 0 aliphatic rings. The van der Waals surface area contributed by atoms with Gasteiger partial charge in [-0.3, -0.25) is 0 Å². The molecule has 0 unspecified atom stereocenters. The number of ether oxygens (including phenoxy) is 1. The van der Waals surface area contributed by atoms with Crippen molar-refractivity contribution in [1.82, 2.24) is 0 Å². The van der Waals surface area contributed by atoms with Crippen molar-refractivity contribution in [3.05, 3.63) is 72.3 Å². The van der Waals surface area contributed by atoms with Crippen molar-refractivity contribution < 1.29 is 9.53 Å². The molecule has 26 heavy (non-hydrogen) atoms. The summed E-state index contributed by atoms with van der Waals surface area (Å²) >= 11 is 0. The lowest BCUT2D eigenvalue weighted by atomic mass is 10.1. The molecular formula is C20H20N4O2. The van der Waals surface area contributed by atoms with E-state index in [9.17, 15) is 4.79 Å². The van der Waals surface area contributed by atoms with Crippen LogP contribution in [0.3, 0.4) is 0 Å². The molecule has 3 aromatic carbocycles. The summed E-state index contributed by atoms with van der Waals surface area (Å²) in [4.78, 5) is 14.2. The molecule has 0 aliphatic heterocycles. The van der Waals surface area contributed by atoms with Crippen LogP contribution in [0.1, 0.15) is 10.4 Å². The summed E-state index contributed by atoms with van der Waals surface area (Å²) in [6, 6.07) is 19.8. The van der Waals surface area contributed by atoms with Gasteiger partial charge in [0.15, 0.2) is 0 Å². The third-order valence-corrected chi connectivity index (χ3v) is 3.97. The summed E-state index contributed by atoms with van der Waals surface area (Å²) in [5.74, 6) is -0.469. The minimum absolute atomic E-state index is 0.362. The van der Waals surface area contributed by atoms with Crippen LogP contribution in [0.15, 0.2) is 66.7 Å². The van der Waals surface area contributed by atoms with Gasteiger partial charge < -0.3 is 26.8 Å². The number of carbonyl (C=O) groups is 1. The molecule has 0 saturated heterocycles. The fourth-order valence-corrected chi connectivity index (χ4v) is 2.70. The maximum absolute atomic E-state index is 12.3. The molecule has 3 rings (SSSR count). The van der Waals surface area contributed by atoms with Gasteiger partial charge in [0.25, 0.3) is 0 Å². The van der Waals surface area contributed by atoms with E-state index in [0.717, 1.165) is 11.4 Å². The van der Waals surface area contributed by atoms with Gasteiger partial charge in [0.1, 0.15) is 0 Å². The summed E-state index contributed by atoms with van der Waals surface area (Å²) in [6.45, 7) is 0. The lowest BCUT2D eigenvalue weighted by Crippen LogP contribution is -2.15. The second-order valence-electron chi connectivity index (χ2n) is 5.79. The number of nitrogen functional groups attached to an aromatic ring is 3. The summed E-state index contributed by atoms with van der Waals surface area (Å²) in [5.41, 5.74) is 22.0. The first-order valence-electron chi connectivity index (χ1n) is 7.98. The molecule has 0 radical (unpaired) electrons. The van der Waals surface area contributed by atoms with Crippen molar-refractivity contribution >= 4 is 40.1 Å². The number of methoxy groups -OCH3 is 1. The van der Waals surface area contributed by atoms with Gasteiger partial charge in [0.05, 0.1) is 18.4 Å². The van der Waals surface area contributed by atoms with Crippen molar-refractivity contribution in [1.29, 1.82) is 0 Å². The number of rotatable bonds is 4. The number of hydrogen-bond donors (Lipinski definition) is 3. The number of nitrogens with two attached hydrogens (primary N) is 3. The molecule has 0 bridgehead atoms. The van der Waals surface area contributed by atoms with E-state index in [-0.39, 0.29) is 0 Å². The highest BCUT2D eigenvalue weighted by Crippen LogP contribution is 2.38. The number of hydrogen-bond acceptors (Lipinski definition) is 6. The predicted molar refractivity (Wildman–Crippen MR) is 106 cm³/mol. The van der Waals surface area contributed by atoms with Gasteiger partial charge >= 0.3 is 5.97 Å². The minimum atomic E-state index is -0.469. The van der Waals surface area contributed by atoms with Crippen LogP contribution >= 0.6 is 0 Å². The lowest BCUT2D eigenvalue weighted by Gasteiger charge is -2.27. The van der Waals surface area contributed by atoms with Crippen LogP contribution in [0.4, 0.5) is 34.1 Å². The van der Waals surface area contributed by atoms with Crippen LogP contribution in [-0.4, -0.2) is 13.1 Å². The Kier molecular flexibility index (Phi) is 4.66. The van der Waals surface area contributed by atoms with E-state index >= 15 is 0 Å². The zero-order chi connectivity index (χ0) is 18.7. The van der Waals surface area contributed by atoms with E-state index in [1.165, 1.54) is 7.11 Å². The molecule has 3 aromatic rings. The van der Waals surface area contributed by atoms with Gasteiger partial charge in [-0.25, -0.2) is 4.79 Å². The molecule has 0 aliphatic carbocycles. The van der Waals surface area contributed by atoms with Crippen molar-refractivity contribution in [2.45, 2.75) is 0 Å². The summed E-state index contributed by atoms with van der Waals surface area (Å²) < 4.78 is 4.93. The first-order chi connectivity index (χ1) is 12.5.